The Labute approximate surface area is 107 Å². The molecule has 0 amide bonds. The van der Waals surface area contributed by atoms with E-state index in [1.54, 1.807) is 13.0 Å². The molecule has 0 spiro atoms. The first kappa shape index (κ1) is 13.0. The van der Waals surface area contributed by atoms with Gasteiger partial charge in [0.05, 0.1) is 0 Å². The van der Waals surface area contributed by atoms with Crippen LogP contribution in [0, 0.1) is 24.1 Å². The van der Waals surface area contributed by atoms with Crippen molar-refractivity contribution in [3.05, 3.63) is 35.1 Å². The third-order valence-electron chi connectivity index (χ3n) is 2.68. The Morgan fingerprint density at radius 3 is 2.58 bits per heavy atom. The van der Waals surface area contributed by atoms with Crippen LogP contribution in [0.2, 0.25) is 0 Å². The summed E-state index contributed by atoms with van der Waals surface area (Å²) in [5.74, 6) is -1.37. The average Bonchev–Trinajstić information content (AvgIpc) is 2.26. The smallest absolute Gasteiger partial charge is 0.387 e. The van der Waals surface area contributed by atoms with Crippen molar-refractivity contribution < 1.29 is 17.9 Å². The number of halogens is 3. The summed E-state index contributed by atoms with van der Waals surface area (Å²) in [7, 11) is 0. The molecule has 0 unspecified atom stereocenters. The summed E-state index contributed by atoms with van der Waals surface area (Å²) in [4.78, 5) is 0. The first-order valence-corrected chi connectivity index (χ1v) is 5.31. The lowest BCUT2D eigenvalue weighted by molar-refractivity contribution is -0.0491. The molecule has 0 atom stereocenters. The van der Waals surface area contributed by atoms with E-state index in [-0.39, 0.29) is 5.39 Å². The average molecular weight is 266 g/mol. The van der Waals surface area contributed by atoms with Gasteiger partial charge in [-0.1, -0.05) is 0 Å². The van der Waals surface area contributed by atoms with Crippen LogP contribution in [0.1, 0.15) is 11.1 Å². The monoisotopic (exact) mass is 266 g/mol. The van der Waals surface area contributed by atoms with Gasteiger partial charge < -0.3 is 10.5 Å². The normalized spacial score (nSPS) is 10.7. The van der Waals surface area contributed by atoms with E-state index in [1.165, 1.54) is 12.1 Å². The van der Waals surface area contributed by atoms with Gasteiger partial charge in [-0.3, -0.25) is 0 Å². The van der Waals surface area contributed by atoms with E-state index in [4.69, 9.17) is 11.0 Å². The lowest BCUT2D eigenvalue weighted by Crippen LogP contribution is -2.06. The number of benzene rings is 2. The van der Waals surface area contributed by atoms with E-state index in [1.807, 2.05) is 0 Å². The molecular formula is C13H9F3N2O. The minimum absolute atomic E-state index is 0.257. The number of fused-ring (bicyclic) bond motifs is 1. The molecule has 2 aromatic rings. The number of anilines is 1. The van der Waals surface area contributed by atoms with Crippen LogP contribution in [0.4, 0.5) is 18.9 Å². The molecule has 0 aromatic heterocycles. The minimum atomic E-state index is -3.14. The van der Waals surface area contributed by atoms with Gasteiger partial charge in [-0.05, 0) is 36.1 Å². The minimum Gasteiger partial charge on any atom is -0.433 e. The largest absolute Gasteiger partial charge is 0.433 e. The van der Waals surface area contributed by atoms with Gasteiger partial charge in [0, 0.05) is 11.1 Å². The van der Waals surface area contributed by atoms with Gasteiger partial charge >= 0.3 is 6.61 Å². The van der Waals surface area contributed by atoms with Crippen LogP contribution in [0.15, 0.2) is 18.2 Å². The van der Waals surface area contributed by atoms with Crippen LogP contribution in [-0.2, 0) is 0 Å². The number of rotatable bonds is 2. The quantitative estimate of drug-likeness (QED) is 0.848. The fraction of sp³-hybridized carbons (Fsp3) is 0.154. The molecule has 0 fully saturated rings. The van der Waals surface area contributed by atoms with Crippen molar-refractivity contribution in [2.45, 2.75) is 13.5 Å². The Hall–Kier alpha value is -2.42. The van der Waals surface area contributed by atoms with Gasteiger partial charge in [-0.15, -0.1) is 0 Å². The lowest BCUT2D eigenvalue weighted by Gasteiger charge is -2.13. The molecule has 6 heteroatoms. The van der Waals surface area contributed by atoms with Crippen LogP contribution < -0.4 is 10.5 Å². The Morgan fingerprint density at radius 2 is 2.00 bits per heavy atom. The van der Waals surface area contributed by atoms with E-state index in [0.717, 1.165) is 6.07 Å². The zero-order valence-electron chi connectivity index (χ0n) is 9.88. The van der Waals surface area contributed by atoms with Crippen LogP contribution >= 0.6 is 0 Å². The van der Waals surface area contributed by atoms with E-state index >= 15 is 0 Å². The highest BCUT2D eigenvalue weighted by Crippen LogP contribution is 2.36. The molecule has 98 valence electrons. The maximum atomic E-state index is 13.7. The number of nitrogen functional groups attached to an aromatic ring is 1. The van der Waals surface area contributed by atoms with Crippen molar-refractivity contribution >= 4 is 16.5 Å². The number of hydrogen-bond acceptors (Lipinski definition) is 3. The highest BCUT2D eigenvalue weighted by atomic mass is 19.3. The maximum absolute atomic E-state index is 13.7. The van der Waals surface area contributed by atoms with Gasteiger partial charge in [-0.2, -0.15) is 14.0 Å². The summed E-state index contributed by atoms with van der Waals surface area (Å²) in [6, 6.07) is 5.59. The number of nitrogens with zero attached hydrogens (tertiary/aromatic N) is 1. The summed E-state index contributed by atoms with van der Waals surface area (Å²) < 4.78 is 42.9. The van der Waals surface area contributed by atoms with Crippen molar-refractivity contribution in [3.63, 3.8) is 0 Å². The van der Waals surface area contributed by atoms with E-state index in [0.29, 0.717) is 16.6 Å². The van der Waals surface area contributed by atoms with Crippen molar-refractivity contribution in [2.75, 3.05) is 5.73 Å². The Morgan fingerprint density at radius 1 is 1.32 bits per heavy atom. The third-order valence-corrected chi connectivity index (χ3v) is 2.68. The topological polar surface area (TPSA) is 59.0 Å². The highest BCUT2D eigenvalue weighted by Gasteiger charge is 2.19. The lowest BCUT2D eigenvalue weighted by atomic mass is 10.00. The van der Waals surface area contributed by atoms with E-state index < -0.39 is 23.7 Å². The number of alkyl halides is 2. The molecule has 3 nitrogen and oxygen atoms in total. The molecule has 0 saturated carbocycles. The zero-order valence-corrected chi connectivity index (χ0v) is 9.88. The molecule has 0 bridgehead atoms. The summed E-state index contributed by atoms with van der Waals surface area (Å²) >= 11 is 0. The standard InChI is InChI=1S/C13H9F3N2O/c1-6-2-8(18)3-7-4-10(14)9(5-17)12(11(6)7)19-13(15)16/h2-4,13H,18H2,1H3. The second-order valence-electron chi connectivity index (χ2n) is 3.99. The Kier molecular flexibility index (Phi) is 3.21. The van der Waals surface area contributed by atoms with Crippen LogP contribution in [0.25, 0.3) is 10.8 Å². The number of ether oxygens (including phenoxy) is 1. The zero-order chi connectivity index (χ0) is 14.2. The predicted molar refractivity (Wildman–Crippen MR) is 64.4 cm³/mol. The van der Waals surface area contributed by atoms with Gasteiger partial charge in [-0.25, -0.2) is 4.39 Å². The van der Waals surface area contributed by atoms with Crippen molar-refractivity contribution in [3.8, 4) is 11.8 Å². The second kappa shape index (κ2) is 4.69. The first-order chi connectivity index (χ1) is 8.93. The number of nitrogens with two attached hydrogens (primary N) is 1. The summed E-state index contributed by atoms with van der Waals surface area (Å²) in [5, 5.41) is 9.44. The molecule has 2 aromatic carbocycles. The molecule has 0 aliphatic carbocycles. The van der Waals surface area contributed by atoms with Gasteiger partial charge in [0.25, 0.3) is 0 Å². The van der Waals surface area contributed by atoms with Gasteiger partial charge in [0.15, 0.2) is 5.75 Å². The summed E-state index contributed by atoms with van der Waals surface area (Å²) in [6.45, 7) is -1.52. The highest BCUT2D eigenvalue weighted by molar-refractivity contribution is 5.95. The van der Waals surface area contributed by atoms with E-state index in [2.05, 4.69) is 4.74 Å². The fourth-order valence-corrected chi connectivity index (χ4v) is 2.02. The molecule has 2 N–H and O–H groups in total. The molecule has 0 saturated heterocycles. The van der Waals surface area contributed by atoms with Crippen molar-refractivity contribution in [1.82, 2.24) is 0 Å². The van der Waals surface area contributed by atoms with Crippen LogP contribution in [0.3, 0.4) is 0 Å². The second-order valence-corrected chi connectivity index (χ2v) is 3.99. The predicted octanol–water partition coefficient (Wildman–Crippen LogP) is 3.34. The molecule has 0 heterocycles. The molecule has 0 radical (unpaired) electrons. The molecule has 19 heavy (non-hydrogen) atoms. The Bertz CT molecular complexity index is 693. The van der Waals surface area contributed by atoms with Gasteiger partial charge in [0.2, 0.25) is 0 Å². The molecule has 2 rings (SSSR count). The third kappa shape index (κ3) is 2.27. The number of nitriles is 1. The van der Waals surface area contributed by atoms with Crippen LogP contribution in [-0.4, -0.2) is 6.61 Å². The van der Waals surface area contributed by atoms with Crippen molar-refractivity contribution in [1.29, 1.82) is 5.26 Å². The van der Waals surface area contributed by atoms with Crippen LogP contribution in [0.5, 0.6) is 5.75 Å². The first-order valence-electron chi connectivity index (χ1n) is 5.31. The summed E-state index contributed by atoms with van der Waals surface area (Å²) in [6.07, 6.45) is 0. The Balaban J connectivity index is 2.90. The molecule has 0 aliphatic heterocycles. The number of hydrogen-bond donors (Lipinski definition) is 1. The maximum Gasteiger partial charge on any atom is 0.387 e. The van der Waals surface area contributed by atoms with Crippen molar-refractivity contribution in [2.24, 2.45) is 0 Å². The summed E-state index contributed by atoms with van der Waals surface area (Å²) in [5.41, 5.74) is 5.98. The molecular weight excluding hydrogens is 257 g/mol. The number of aryl methyl sites for hydroxylation is 1. The molecule has 0 aliphatic rings. The van der Waals surface area contributed by atoms with Gasteiger partial charge in [0.1, 0.15) is 17.4 Å². The fourth-order valence-electron chi connectivity index (χ4n) is 2.02. The SMILES string of the molecule is Cc1cc(N)cc2cc(F)c(C#N)c(OC(F)F)c12. The van der Waals surface area contributed by atoms with E-state index in [9.17, 15) is 13.2 Å².